The van der Waals surface area contributed by atoms with Crippen molar-refractivity contribution in [1.82, 2.24) is 5.32 Å². The maximum atomic E-state index is 13.9. The van der Waals surface area contributed by atoms with Gasteiger partial charge < -0.3 is 5.32 Å². The highest BCUT2D eigenvalue weighted by molar-refractivity contribution is 9.10. The molecule has 0 amide bonds. The standard InChI is InChI=1S/C17H18BrF2N/c1-3-21-15(13-8-4-6-11(2)16(13)18)10-12-7-5-9-14(19)17(12)20/h4-9,15,21H,3,10H2,1-2H3. The minimum Gasteiger partial charge on any atom is -0.310 e. The molecule has 0 aliphatic heterocycles. The Balaban J connectivity index is 2.35. The smallest absolute Gasteiger partial charge is 0.162 e. The number of hydrogen-bond donors (Lipinski definition) is 1. The van der Waals surface area contributed by atoms with Gasteiger partial charge in [0.2, 0.25) is 0 Å². The molecule has 2 rings (SSSR count). The molecule has 0 radical (unpaired) electrons. The van der Waals surface area contributed by atoms with Gasteiger partial charge >= 0.3 is 0 Å². The molecule has 0 saturated carbocycles. The van der Waals surface area contributed by atoms with Gasteiger partial charge in [-0.25, -0.2) is 8.78 Å². The lowest BCUT2D eigenvalue weighted by atomic mass is 9.97. The highest BCUT2D eigenvalue weighted by Gasteiger charge is 2.18. The summed E-state index contributed by atoms with van der Waals surface area (Å²) in [5.74, 6) is -1.56. The molecule has 4 heteroatoms. The number of nitrogens with one attached hydrogen (secondary N) is 1. The number of likely N-dealkylation sites (N-methyl/N-ethyl adjacent to an activating group) is 1. The molecule has 0 saturated heterocycles. The first-order chi connectivity index (χ1) is 10.0. The Morgan fingerprint density at radius 3 is 2.57 bits per heavy atom. The zero-order valence-electron chi connectivity index (χ0n) is 12.1. The van der Waals surface area contributed by atoms with Crippen molar-refractivity contribution in [2.24, 2.45) is 0 Å². The molecule has 1 unspecified atom stereocenters. The Kier molecular flexibility index (Phi) is 5.48. The normalized spacial score (nSPS) is 12.4. The molecule has 112 valence electrons. The number of rotatable bonds is 5. The zero-order valence-corrected chi connectivity index (χ0v) is 13.7. The number of hydrogen-bond acceptors (Lipinski definition) is 1. The van der Waals surface area contributed by atoms with Crippen molar-refractivity contribution in [2.75, 3.05) is 6.54 Å². The quantitative estimate of drug-likeness (QED) is 0.803. The van der Waals surface area contributed by atoms with Crippen molar-refractivity contribution in [2.45, 2.75) is 26.3 Å². The van der Waals surface area contributed by atoms with Gasteiger partial charge in [-0.15, -0.1) is 0 Å². The second-order valence-electron chi connectivity index (χ2n) is 5.01. The van der Waals surface area contributed by atoms with Crippen LogP contribution < -0.4 is 5.32 Å². The van der Waals surface area contributed by atoms with Crippen LogP contribution in [0.4, 0.5) is 8.78 Å². The highest BCUT2D eigenvalue weighted by Crippen LogP contribution is 2.29. The first-order valence-corrected chi connectivity index (χ1v) is 7.75. The van der Waals surface area contributed by atoms with E-state index in [0.29, 0.717) is 12.0 Å². The molecule has 0 aromatic heterocycles. The lowest BCUT2D eigenvalue weighted by Crippen LogP contribution is -2.24. The average Bonchev–Trinajstić information content (AvgIpc) is 2.46. The molecule has 2 aromatic carbocycles. The second-order valence-corrected chi connectivity index (χ2v) is 5.80. The average molecular weight is 354 g/mol. The Bertz CT molecular complexity index is 628. The molecule has 1 N–H and O–H groups in total. The first-order valence-electron chi connectivity index (χ1n) is 6.95. The molecule has 21 heavy (non-hydrogen) atoms. The summed E-state index contributed by atoms with van der Waals surface area (Å²) in [6.45, 7) is 4.76. The van der Waals surface area contributed by atoms with Crippen molar-refractivity contribution in [3.63, 3.8) is 0 Å². The van der Waals surface area contributed by atoms with E-state index in [4.69, 9.17) is 0 Å². The predicted molar refractivity (Wildman–Crippen MR) is 85.4 cm³/mol. The summed E-state index contributed by atoms with van der Waals surface area (Å²) in [5.41, 5.74) is 2.56. The van der Waals surface area contributed by atoms with Crippen LogP contribution in [0.15, 0.2) is 40.9 Å². The summed E-state index contributed by atoms with van der Waals surface area (Å²) in [6.07, 6.45) is 0.402. The fraction of sp³-hybridized carbons (Fsp3) is 0.294. The van der Waals surface area contributed by atoms with Gasteiger partial charge in [-0.05, 0) is 42.6 Å². The van der Waals surface area contributed by atoms with E-state index in [1.54, 1.807) is 12.1 Å². The van der Waals surface area contributed by atoms with Crippen molar-refractivity contribution in [3.8, 4) is 0 Å². The van der Waals surface area contributed by atoms with Crippen molar-refractivity contribution in [1.29, 1.82) is 0 Å². The number of aryl methyl sites for hydroxylation is 1. The van der Waals surface area contributed by atoms with Crippen LogP contribution in [-0.4, -0.2) is 6.54 Å². The Morgan fingerprint density at radius 1 is 1.14 bits per heavy atom. The summed E-state index contributed by atoms with van der Waals surface area (Å²) < 4.78 is 28.2. The molecule has 0 fully saturated rings. The molecule has 1 nitrogen and oxygen atoms in total. The number of benzene rings is 2. The van der Waals surface area contributed by atoms with E-state index in [2.05, 4.69) is 21.2 Å². The fourth-order valence-electron chi connectivity index (χ4n) is 2.40. The van der Waals surface area contributed by atoms with E-state index in [9.17, 15) is 8.78 Å². The van der Waals surface area contributed by atoms with Crippen molar-refractivity contribution in [3.05, 3.63) is 69.2 Å². The van der Waals surface area contributed by atoms with Crippen LogP contribution in [-0.2, 0) is 6.42 Å². The van der Waals surface area contributed by atoms with Gasteiger partial charge in [0.1, 0.15) is 0 Å². The van der Waals surface area contributed by atoms with E-state index in [0.717, 1.165) is 28.2 Å². The number of halogens is 3. The monoisotopic (exact) mass is 353 g/mol. The molecule has 2 aromatic rings. The van der Waals surface area contributed by atoms with Crippen LogP contribution >= 0.6 is 15.9 Å². The Labute approximate surface area is 132 Å². The highest BCUT2D eigenvalue weighted by atomic mass is 79.9. The molecule has 0 aliphatic rings. The summed E-state index contributed by atoms with van der Waals surface area (Å²) in [5, 5.41) is 3.34. The van der Waals surface area contributed by atoms with E-state index in [1.165, 1.54) is 0 Å². The SMILES string of the molecule is CCNC(Cc1cccc(F)c1F)c1cccc(C)c1Br. The van der Waals surface area contributed by atoms with Crippen LogP contribution in [0.2, 0.25) is 0 Å². The molecule has 0 heterocycles. The van der Waals surface area contributed by atoms with Crippen LogP contribution in [0.1, 0.15) is 29.7 Å². The maximum Gasteiger partial charge on any atom is 0.162 e. The summed E-state index contributed by atoms with van der Waals surface area (Å²) in [7, 11) is 0. The molecular formula is C17H18BrF2N. The van der Waals surface area contributed by atoms with Gasteiger partial charge in [0.25, 0.3) is 0 Å². The van der Waals surface area contributed by atoms with Gasteiger partial charge in [0.15, 0.2) is 11.6 Å². The topological polar surface area (TPSA) is 12.0 Å². The molecule has 0 aliphatic carbocycles. The third-order valence-corrected chi connectivity index (χ3v) is 4.59. The van der Waals surface area contributed by atoms with Gasteiger partial charge in [-0.1, -0.05) is 53.2 Å². The van der Waals surface area contributed by atoms with Crippen LogP contribution in [0.25, 0.3) is 0 Å². The van der Waals surface area contributed by atoms with Gasteiger partial charge in [0, 0.05) is 10.5 Å². The van der Waals surface area contributed by atoms with Gasteiger partial charge in [0.05, 0.1) is 0 Å². The molecular weight excluding hydrogens is 336 g/mol. The lowest BCUT2D eigenvalue weighted by molar-refractivity contribution is 0.480. The minimum atomic E-state index is -0.800. The Hall–Kier alpha value is -1.26. The van der Waals surface area contributed by atoms with E-state index in [1.807, 2.05) is 32.0 Å². The minimum absolute atomic E-state index is 0.0689. The molecule has 1 atom stereocenters. The maximum absolute atomic E-state index is 13.9. The van der Waals surface area contributed by atoms with Crippen LogP contribution in [0.5, 0.6) is 0 Å². The van der Waals surface area contributed by atoms with E-state index in [-0.39, 0.29) is 6.04 Å². The van der Waals surface area contributed by atoms with Crippen molar-refractivity contribution < 1.29 is 8.78 Å². The molecule has 0 spiro atoms. The second kappa shape index (κ2) is 7.14. The van der Waals surface area contributed by atoms with Crippen molar-refractivity contribution >= 4 is 15.9 Å². The van der Waals surface area contributed by atoms with Crippen LogP contribution in [0, 0.1) is 18.6 Å². The summed E-state index contributed by atoms with van der Waals surface area (Å²) in [4.78, 5) is 0. The van der Waals surface area contributed by atoms with Gasteiger partial charge in [-0.3, -0.25) is 0 Å². The van der Waals surface area contributed by atoms with E-state index < -0.39 is 11.6 Å². The summed E-state index contributed by atoms with van der Waals surface area (Å²) in [6, 6.07) is 10.2. The third-order valence-electron chi connectivity index (χ3n) is 3.50. The third kappa shape index (κ3) is 3.69. The largest absolute Gasteiger partial charge is 0.310 e. The Morgan fingerprint density at radius 2 is 1.86 bits per heavy atom. The predicted octanol–water partition coefficient (Wildman–Crippen LogP) is 4.93. The zero-order chi connectivity index (χ0) is 15.4. The molecule has 0 bridgehead atoms. The van der Waals surface area contributed by atoms with Crippen LogP contribution in [0.3, 0.4) is 0 Å². The van der Waals surface area contributed by atoms with E-state index >= 15 is 0 Å². The lowest BCUT2D eigenvalue weighted by Gasteiger charge is -2.21. The summed E-state index contributed by atoms with van der Waals surface area (Å²) >= 11 is 3.59. The van der Waals surface area contributed by atoms with Gasteiger partial charge in [-0.2, -0.15) is 0 Å². The first kappa shape index (κ1) is 16.1. The fourth-order valence-corrected chi connectivity index (χ4v) is 2.94.